The number of carbonyl (C=O) groups is 2. The van der Waals surface area contributed by atoms with Crippen LogP contribution in [0.15, 0.2) is 161 Å². The number of halogens is 2. The Morgan fingerprint density at radius 2 is 1.05 bits per heavy atom. The largest absolute Gasteiger partial charge is 1.00 e. The molecule has 0 saturated carbocycles. The number of hydrogen-bond acceptors (Lipinski definition) is 3. The maximum Gasteiger partial charge on any atom is 0.258 e. The van der Waals surface area contributed by atoms with Gasteiger partial charge in [-0.2, -0.15) is 0 Å². The molecule has 210 valence electrons. The van der Waals surface area contributed by atoms with Gasteiger partial charge in [-0.1, -0.05) is 101 Å². The van der Waals surface area contributed by atoms with Gasteiger partial charge in [0.1, 0.15) is 15.9 Å². The molecule has 0 heterocycles. The molecule has 1 amide bonds. The van der Waals surface area contributed by atoms with Gasteiger partial charge in [0.15, 0.2) is 18.5 Å². The summed E-state index contributed by atoms with van der Waals surface area (Å²) >= 11 is 4.84. The fourth-order valence-electron chi connectivity index (χ4n) is 4.71. The normalized spacial score (nSPS) is 11.3. The Labute approximate surface area is 270 Å². The van der Waals surface area contributed by atoms with Crippen molar-refractivity contribution in [3.63, 3.8) is 0 Å². The smallest absolute Gasteiger partial charge is 0.258 e. The first-order valence-electron chi connectivity index (χ1n) is 13.1. The minimum atomic E-state index is -2.59. The summed E-state index contributed by atoms with van der Waals surface area (Å²) in [5, 5.41) is 8.63. The van der Waals surface area contributed by atoms with Crippen LogP contribution < -0.4 is 38.2 Å². The van der Waals surface area contributed by atoms with E-state index in [1.165, 1.54) is 11.8 Å². The van der Waals surface area contributed by atoms with E-state index in [4.69, 9.17) is 0 Å². The lowest BCUT2D eigenvalue weighted by molar-refractivity contribution is -0.0000236. The maximum atomic E-state index is 13.7. The second kappa shape index (κ2) is 15.3. The highest BCUT2D eigenvalue weighted by Crippen LogP contribution is 2.61. The first-order valence-corrected chi connectivity index (χ1v) is 16.8. The van der Waals surface area contributed by atoms with Gasteiger partial charge < -0.3 is 17.0 Å². The Kier molecular flexibility index (Phi) is 11.5. The summed E-state index contributed by atoms with van der Waals surface area (Å²) in [5.74, 6) is 0.0736. The van der Waals surface area contributed by atoms with Gasteiger partial charge >= 0.3 is 0 Å². The standard InChI is InChI=1S/C35H27BrNO2PS.BrH/c36-29-23-21-27(22-24-29)33(38)25-41-26-34(37-35(39)28-13-5-1-6-14-28)40(30-15-7-2-8-16-30,31-17-9-3-10-18-31)32-19-11-4-12-20-32;/h1-24,26H,25H2;1H/b34-26-;. The van der Waals surface area contributed by atoms with E-state index >= 15 is 0 Å². The van der Waals surface area contributed by atoms with Crippen LogP contribution in [-0.2, 0) is 0 Å². The molecule has 42 heavy (non-hydrogen) atoms. The number of amides is 1. The van der Waals surface area contributed by atoms with Gasteiger partial charge in [0, 0.05) is 21.0 Å². The van der Waals surface area contributed by atoms with Crippen molar-refractivity contribution in [1.82, 2.24) is 5.32 Å². The molecule has 0 unspecified atom stereocenters. The van der Waals surface area contributed by atoms with Gasteiger partial charge in [0.25, 0.3) is 5.91 Å². The zero-order valence-electron chi connectivity index (χ0n) is 22.6. The van der Waals surface area contributed by atoms with Crippen molar-refractivity contribution in [1.29, 1.82) is 0 Å². The van der Waals surface area contributed by atoms with Gasteiger partial charge in [-0.3, -0.25) is 14.9 Å². The third-order valence-electron chi connectivity index (χ3n) is 6.64. The zero-order valence-corrected chi connectivity index (χ0v) is 27.5. The number of ketones is 1. The Bertz CT molecular complexity index is 1540. The molecule has 0 atom stereocenters. The van der Waals surface area contributed by atoms with Gasteiger partial charge in [0.2, 0.25) is 0 Å². The molecule has 0 aliphatic heterocycles. The van der Waals surface area contributed by atoms with Gasteiger partial charge in [-0.15, -0.1) is 11.8 Å². The molecule has 0 spiro atoms. The minimum absolute atomic E-state index is 0. The Morgan fingerprint density at radius 3 is 1.50 bits per heavy atom. The van der Waals surface area contributed by atoms with Gasteiger partial charge in [-0.25, -0.2) is 0 Å². The SMILES string of the molecule is O=C(CS/C=C(/NC(=O)c1ccccc1)[P+](c1ccccc1)(c1ccccc1)c1ccccc1)c1ccc(Br)cc1.[Br-]. The van der Waals surface area contributed by atoms with E-state index in [-0.39, 0.29) is 34.4 Å². The lowest BCUT2D eigenvalue weighted by atomic mass is 10.2. The van der Waals surface area contributed by atoms with Gasteiger partial charge in [0.05, 0.1) is 5.75 Å². The predicted molar refractivity (Wildman–Crippen MR) is 178 cm³/mol. The second-order valence-corrected chi connectivity index (χ2v) is 14.4. The molecular formula is C35H28Br2NO2PS. The van der Waals surface area contributed by atoms with Crippen LogP contribution in [0.25, 0.3) is 0 Å². The monoisotopic (exact) mass is 715 g/mol. The van der Waals surface area contributed by atoms with Crippen LogP contribution >= 0.6 is 35.0 Å². The van der Waals surface area contributed by atoms with Crippen molar-refractivity contribution in [3.8, 4) is 0 Å². The van der Waals surface area contributed by atoms with E-state index in [2.05, 4.69) is 57.6 Å². The second-order valence-electron chi connectivity index (χ2n) is 9.24. The van der Waals surface area contributed by atoms with Crippen LogP contribution in [0.2, 0.25) is 0 Å². The molecule has 0 fully saturated rings. The van der Waals surface area contributed by atoms with Crippen molar-refractivity contribution < 1.29 is 26.6 Å². The summed E-state index contributed by atoms with van der Waals surface area (Å²) in [6.45, 7) is 0. The molecular weight excluding hydrogens is 689 g/mol. The molecule has 5 aromatic rings. The fraction of sp³-hybridized carbons (Fsp3) is 0.0286. The van der Waals surface area contributed by atoms with Crippen molar-refractivity contribution in [2.45, 2.75) is 0 Å². The first kappa shape index (κ1) is 31.7. The molecule has 3 nitrogen and oxygen atoms in total. The average molecular weight is 717 g/mol. The van der Waals surface area contributed by atoms with E-state index in [0.717, 1.165) is 25.8 Å². The molecule has 0 aromatic heterocycles. The fourth-order valence-corrected chi connectivity index (χ4v) is 10.3. The highest BCUT2D eigenvalue weighted by atomic mass is 79.9. The summed E-state index contributed by atoms with van der Waals surface area (Å²) in [5.41, 5.74) is 2.00. The maximum absolute atomic E-state index is 13.7. The predicted octanol–water partition coefficient (Wildman–Crippen LogP) is 4.59. The summed E-state index contributed by atoms with van der Waals surface area (Å²) in [7, 11) is -2.59. The van der Waals surface area contributed by atoms with Crippen molar-refractivity contribution >= 4 is 62.6 Å². The number of benzene rings is 5. The highest BCUT2D eigenvalue weighted by Gasteiger charge is 2.50. The van der Waals surface area contributed by atoms with Crippen LogP contribution in [0.4, 0.5) is 0 Å². The number of thioether (sulfide) groups is 1. The van der Waals surface area contributed by atoms with E-state index in [9.17, 15) is 9.59 Å². The Balaban J connectivity index is 0.00000405. The molecule has 1 N–H and O–H groups in total. The van der Waals surface area contributed by atoms with Crippen LogP contribution in [0.3, 0.4) is 0 Å². The third-order valence-corrected chi connectivity index (χ3v) is 12.4. The average Bonchev–Trinajstić information content (AvgIpc) is 3.03. The van der Waals surface area contributed by atoms with E-state index in [1.54, 1.807) is 0 Å². The lowest BCUT2D eigenvalue weighted by Crippen LogP contribution is -3.00. The Hall–Kier alpha value is -3.28. The number of hydrogen-bond donors (Lipinski definition) is 1. The third kappa shape index (κ3) is 7.19. The molecule has 5 rings (SSSR count). The summed E-state index contributed by atoms with van der Waals surface area (Å²) in [6, 6.07) is 47.7. The van der Waals surface area contributed by atoms with Crippen LogP contribution in [0.5, 0.6) is 0 Å². The van der Waals surface area contributed by atoms with E-state index < -0.39 is 7.26 Å². The molecule has 0 aliphatic rings. The number of nitrogens with one attached hydrogen (secondary N) is 1. The molecule has 0 bridgehead atoms. The summed E-state index contributed by atoms with van der Waals surface area (Å²) in [4.78, 5) is 26.8. The van der Waals surface area contributed by atoms with Crippen molar-refractivity contribution in [2.75, 3.05) is 5.75 Å². The summed E-state index contributed by atoms with van der Waals surface area (Å²) < 4.78 is 0.927. The van der Waals surface area contributed by atoms with Crippen LogP contribution in [-0.4, -0.2) is 17.4 Å². The Morgan fingerprint density at radius 1 is 0.619 bits per heavy atom. The lowest BCUT2D eigenvalue weighted by Gasteiger charge is -2.29. The van der Waals surface area contributed by atoms with Crippen molar-refractivity contribution in [2.24, 2.45) is 0 Å². The molecule has 7 heteroatoms. The topological polar surface area (TPSA) is 46.2 Å². The van der Waals surface area contributed by atoms with Crippen LogP contribution in [0, 0.1) is 0 Å². The highest BCUT2D eigenvalue weighted by molar-refractivity contribution is 9.10. The van der Waals surface area contributed by atoms with Crippen molar-refractivity contribution in [3.05, 3.63) is 172 Å². The molecule has 0 saturated heterocycles. The molecule has 0 radical (unpaired) electrons. The number of Topliss-reactive ketones (excluding diaryl/α,β-unsaturated/α-hetero) is 1. The summed E-state index contributed by atoms with van der Waals surface area (Å²) in [6.07, 6.45) is 0. The number of rotatable bonds is 10. The van der Waals surface area contributed by atoms with E-state index in [1.807, 2.05) is 115 Å². The molecule has 0 aliphatic carbocycles. The quantitative estimate of drug-likeness (QED) is 0.170. The first-order chi connectivity index (χ1) is 20.1. The molecule has 5 aromatic carbocycles. The zero-order chi connectivity index (χ0) is 28.5. The van der Waals surface area contributed by atoms with Crippen LogP contribution in [0.1, 0.15) is 20.7 Å². The number of carbonyl (C=O) groups excluding carboxylic acids is 2. The minimum Gasteiger partial charge on any atom is -1.00 e. The van der Waals surface area contributed by atoms with E-state index in [0.29, 0.717) is 11.1 Å². The van der Waals surface area contributed by atoms with Gasteiger partial charge in [-0.05, 0) is 60.7 Å².